The van der Waals surface area contributed by atoms with E-state index in [1.54, 1.807) is 12.3 Å². The van der Waals surface area contributed by atoms with Crippen LogP contribution in [0.3, 0.4) is 0 Å². The molecule has 1 amide bonds. The molecule has 4 nitrogen and oxygen atoms in total. The summed E-state index contributed by atoms with van der Waals surface area (Å²) in [4.78, 5) is 15.0. The van der Waals surface area contributed by atoms with E-state index in [1.807, 2.05) is 6.07 Å². The maximum absolute atomic E-state index is 11.0. The van der Waals surface area contributed by atoms with Gasteiger partial charge in [-0.05, 0) is 43.2 Å². The summed E-state index contributed by atoms with van der Waals surface area (Å²) in [7, 11) is 0. The molecule has 0 saturated heterocycles. The molecule has 2 aliphatic rings. The minimum Gasteiger partial charge on any atom is -0.382 e. The number of hydrogen-bond acceptors (Lipinski definition) is 3. The van der Waals surface area contributed by atoms with Crippen LogP contribution in [0.25, 0.3) is 0 Å². The molecular weight excluding hydrogens is 214 g/mol. The van der Waals surface area contributed by atoms with Crippen molar-refractivity contribution in [3.05, 3.63) is 24.0 Å². The Morgan fingerprint density at radius 2 is 2.29 bits per heavy atom. The molecule has 0 aromatic carbocycles. The first-order valence-electron chi connectivity index (χ1n) is 6.25. The number of fused-ring (bicyclic) bond motifs is 2. The quantitative estimate of drug-likeness (QED) is 0.833. The van der Waals surface area contributed by atoms with E-state index < -0.39 is 5.91 Å². The molecule has 0 radical (unpaired) electrons. The Labute approximate surface area is 101 Å². The molecule has 1 aromatic heterocycles. The highest BCUT2D eigenvalue weighted by Crippen LogP contribution is 2.45. The van der Waals surface area contributed by atoms with E-state index in [0.29, 0.717) is 11.7 Å². The van der Waals surface area contributed by atoms with Crippen LogP contribution in [0.1, 0.15) is 36.2 Å². The smallest absolute Gasteiger partial charge is 0.267 e. The fourth-order valence-corrected chi connectivity index (χ4v) is 3.29. The Morgan fingerprint density at radius 1 is 1.41 bits per heavy atom. The minimum absolute atomic E-state index is 0.332. The average molecular weight is 231 g/mol. The fourth-order valence-electron chi connectivity index (χ4n) is 3.29. The predicted octanol–water partition coefficient (Wildman–Crippen LogP) is 1.78. The van der Waals surface area contributed by atoms with Gasteiger partial charge in [0.1, 0.15) is 5.69 Å². The average Bonchev–Trinajstić information content (AvgIpc) is 2.91. The minimum atomic E-state index is -0.471. The van der Waals surface area contributed by atoms with E-state index in [1.165, 1.54) is 25.7 Å². The SMILES string of the molecule is NC(=O)c1cc(NC2CC3CCC2C3)ccn1. The summed E-state index contributed by atoms with van der Waals surface area (Å²) in [6, 6.07) is 4.21. The monoisotopic (exact) mass is 231 g/mol. The summed E-state index contributed by atoms with van der Waals surface area (Å²) in [6.07, 6.45) is 7.00. The number of aromatic nitrogens is 1. The van der Waals surface area contributed by atoms with E-state index in [9.17, 15) is 4.79 Å². The van der Waals surface area contributed by atoms with Crippen molar-refractivity contribution >= 4 is 11.6 Å². The van der Waals surface area contributed by atoms with Crippen molar-refractivity contribution in [1.29, 1.82) is 0 Å². The summed E-state index contributed by atoms with van der Waals surface area (Å²) in [5.41, 5.74) is 6.52. The molecule has 1 aromatic rings. The van der Waals surface area contributed by atoms with Gasteiger partial charge >= 0.3 is 0 Å². The van der Waals surface area contributed by atoms with Crippen molar-refractivity contribution in [3.8, 4) is 0 Å². The molecule has 2 fully saturated rings. The van der Waals surface area contributed by atoms with Crippen molar-refractivity contribution in [2.75, 3.05) is 5.32 Å². The maximum atomic E-state index is 11.0. The number of primary amides is 1. The highest BCUT2D eigenvalue weighted by atomic mass is 16.1. The summed E-state index contributed by atoms with van der Waals surface area (Å²) in [5, 5.41) is 3.52. The Hall–Kier alpha value is -1.58. The molecule has 3 unspecified atom stereocenters. The molecule has 3 atom stereocenters. The number of rotatable bonds is 3. The second kappa shape index (κ2) is 4.02. The lowest BCUT2D eigenvalue weighted by molar-refractivity contribution is 0.0995. The molecule has 2 aliphatic carbocycles. The van der Waals surface area contributed by atoms with Gasteiger partial charge in [0.25, 0.3) is 5.91 Å². The highest BCUT2D eigenvalue weighted by molar-refractivity contribution is 5.91. The van der Waals surface area contributed by atoms with Gasteiger partial charge in [-0.2, -0.15) is 0 Å². The molecular formula is C13H17N3O. The second-order valence-electron chi connectivity index (χ2n) is 5.22. The lowest BCUT2D eigenvalue weighted by Gasteiger charge is -2.24. The number of anilines is 1. The zero-order valence-corrected chi connectivity index (χ0v) is 9.73. The van der Waals surface area contributed by atoms with E-state index in [-0.39, 0.29) is 0 Å². The van der Waals surface area contributed by atoms with E-state index in [2.05, 4.69) is 10.3 Å². The van der Waals surface area contributed by atoms with E-state index in [0.717, 1.165) is 17.5 Å². The second-order valence-corrected chi connectivity index (χ2v) is 5.22. The first-order valence-corrected chi connectivity index (χ1v) is 6.25. The topological polar surface area (TPSA) is 68.0 Å². The number of hydrogen-bond donors (Lipinski definition) is 2. The third-order valence-corrected chi connectivity index (χ3v) is 4.10. The Morgan fingerprint density at radius 3 is 2.94 bits per heavy atom. The highest BCUT2D eigenvalue weighted by Gasteiger charge is 2.39. The lowest BCUT2D eigenvalue weighted by atomic mass is 9.95. The molecule has 1 heterocycles. The molecule has 90 valence electrons. The number of amides is 1. The van der Waals surface area contributed by atoms with Gasteiger partial charge in [-0.3, -0.25) is 9.78 Å². The van der Waals surface area contributed by atoms with Crippen LogP contribution in [0.2, 0.25) is 0 Å². The molecule has 4 heteroatoms. The fraction of sp³-hybridized carbons (Fsp3) is 0.538. The molecule has 3 N–H and O–H groups in total. The first-order chi connectivity index (χ1) is 8.22. The number of nitrogens with two attached hydrogens (primary N) is 1. The van der Waals surface area contributed by atoms with Crippen molar-refractivity contribution in [2.45, 2.75) is 31.7 Å². The largest absolute Gasteiger partial charge is 0.382 e. The van der Waals surface area contributed by atoms with Crippen molar-refractivity contribution in [3.63, 3.8) is 0 Å². The third kappa shape index (κ3) is 1.99. The van der Waals surface area contributed by atoms with E-state index >= 15 is 0 Å². The van der Waals surface area contributed by atoms with Crippen LogP contribution in [0.5, 0.6) is 0 Å². The van der Waals surface area contributed by atoms with Crippen LogP contribution >= 0.6 is 0 Å². The van der Waals surface area contributed by atoms with Crippen LogP contribution in [0, 0.1) is 11.8 Å². The zero-order chi connectivity index (χ0) is 11.8. The standard InChI is InChI=1S/C13H17N3O/c14-13(17)12-7-10(3-4-15-12)16-11-6-8-1-2-9(11)5-8/h3-4,7-9,11H,1-2,5-6H2,(H2,14,17)(H,15,16). The van der Waals surface area contributed by atoms with Crippen LogP contribution in [0.4, 0.5) is 5.69 Å². The summed E-state index contributed by atoms with van der Waals surface area (Å²) < 4.78 is 0. The number of nitrogens with one attached hydrogen (secondary N) is 1. The first kappa shape index (κ1) is 10.6. The molecule has 0 spiro atoms. The molecule has 3 rings (SSSR count). The van der Waals surface area contributed by atoms with Gasteiger partial charge in [0.2, 0.25) is 0 Å². The van der Waals surface area contributed by atoms with Crippen molar-refractivity contribution in [2.24, 2.45) is 17.6 Å². The van der Waals surface area contributed by atoms with Crippen LogP contribution < -0.4 is 11.1 Å². The van der Waals surface area contributed by atoms with E-state index in [4.69, 9.17) is 5.73 Å². The number of nitrogens with zero attached hydrogens (tertiary/aromatic N) is 1. The number of pyridine rings is 1. The Bertz CT molecular complexity index is 446. The molecule has 2 saturated carbocycles. The number of carbonyl (C=O) groups excluding carboxylic acids is 1. The number of carbonyl (C=O) groups is 1. The molecule has 17 heavy (non-hydrogen) atoms. The van der Waals surface area contributed by atoms with Crippen LogP contribution in [0.15, 0.2) is 18.3 Å². The van der Waals surface area contributed by atoms with Gasteiger partial charge in [0, 0.05) is 17.9 Å². The zero-order valence-electron chi connectivity index (χ0n) is 9.73. The van der Waals surface area contributed by atoms with Crippen LogP contribution in [-0.4, -0.2) is 16.9 Å². The summed E-state index contributed by atoms with van der Waals surface area (Å²) >= 11 is 0. The summed E-state index contributed by atoms with van der Waals surface area (Å²) in [5.74, 6) is 1.25. The normalized spacial score (nSPS) is 30.5. The van der Waals surface area contributed by atoms with Gasteiger partial charge in [-0.1, -0.05) is 6.42 Å². The third-order valence-electron chi connectivity index (χ3n) is 4.10. The molecule has 2 bridgehead atoms. The lowest BCUT2D eigenvalue weighted by Crippen LogP contribution is -2.26. The van der Waals surface area contributed by atoms with Gasteiger partial charge in [-0.15, -0.1) is 0 Å². The Balaban J connectivity index is 1.73. The van der Waals surface area contributed by atoms with Gasteiger partial charge < -0.3 is 11.1 Å². The van der Waals surface area contributed by atoms with Crippen LogP contribution in [-0.2, 0) is 0 Å². The van der Waals surface area contributed by atoms with Crippen molar-refractivity contribution < 1.29 is 4.79 Å². The van der Waals surface area contributed by atoms with Gasteiger partial charge in [-0.25, -0.2) is 0 Å². The maximum Gasteiger partial charge on any atom is 0.267 e. The summed E-state index contributed by atoms with van der Waals surface area (Å²) in [6.45, 7) is 0. The van der Waals surface area contributed by atoms with Crippen molar-refractivity contribution in [1.82, 2.24) is 4.98 Å². The Kier molecular flexibility index (Phi) is 2.50. The molecule has 0 aliphatic heterocycles. The van der Waals surface area contributed by atoms with Gasteiger partial charge in [0.15, 0.2) is 0 Å². The predicted molar refractivity (Wildman–Crippen MR) is 65.6 cm³/mol. The van der Waals surface area contributed by atoms with Gasteiger partial charge in [0.05, 0.1) is 0 Å².